The van der Waals surface area contributed by atoms with E-state index in [1.54, 1.807) is 12.1 Å². The van der Waals surface area contributed by atoms with Crippen molar-refractivity contribution in [3.8, 4) is 0 Å². The summed E-state index contributed by atoms with van der Waals surface area (Å²) in [5, 5.41) is 0. The molecule has 0 radical (unpaired) electrons. The Morgan fingerprint density at radius 1 is 1.03 bits per heavy atom. The maximum absolute atomic E-state index is 13.2. The number of nitrogens with zero attached hydrogens (tertiary/aromatic N) is 1. The molecule has 0 spiro atoms. The number of nitrogens with one attached hydrogen (secondary N) is 1. The van der Waals surface area contributed by atoms with Crippen LogP contribution in [0.15, 0.2) is 59.5 Å². The molecule has 0 unspecified atom stereocenters. The smallest absolute Gasteiger partial charge is 0.240 e. The second kappa shape index (κ2) is 8.10. The fourth-order valence-electron chi connectivity index (χ4n) is 5.60. The molecule has 2 aromatic carbocycles. The largest absolute Gasteiger partial charge is 0.302 e. The fraction of sp³-hybridized carbons (Fsp3) is 0.520. The van der Waals surface area contributed by atoms with Gasteiger partial charge < -0.3 is 4.90 Å². The van der Waals surface area contributed by atoms with Crippen molar-refractivity contribution in [1.29, 1.82) is 0 Å². The molecule has 0 aliphatic heterocycles. The fourth-order valence-corrected chi connectivity index (χ4v) is 6.94. The number of hydrogen-bond acceptors (Lipinski definition) is 3. The van der Waals surface area contributed by atoms with Crippen molar-refractivity contribution >= 4 is 10.0 Å². The monoisotopic (exact) mass is 426 g/mol. The molecule has 3 saturated carbocycles. The normalized spacial score (nSPS) is 27.6. The number of hydrogen-bond donors (Lipinski definition) is 1. The Morgan fingerprint density at radius 3 is 2.33 bits per heavy atom. The highest BCUT2D eigenvalue weighted by Crippen LogP contribution is 2.60. The van der Waals surface area contributed by atoms with Gasteiger partial charge in [-0.25, -0.2) is 13.1 Å². The maximum Gasteiger partial charge on any atom is 0.240 e. The first-order chi connectivity index (χ1) is 14.2. The summed E-state index contributed by atoms with van der Waals surface area (Å²) < 4.78 is 29.5. The summed E-state index contributed by atoms with van der Waals surface area (Å²) in [6.45, 7) is 8.37. The Balaban J connectivity index is 1.52. The van der Waals surface area contributed by atoms with Crippen LogP contribution in [0, 0.1) is 30.1 Å². The van der Waals surface area contributed by atoms with Crippen LogP contribution in [0.1, 0.15) is 37.8 Å². The molecular weight excluding hydrogens is 392 g/mol. The molecule has 30 heavy (non-hydrogen) atoms. The van der Waals surface area contributed by atoms with Gasteiger partial charge in [0.1, 0.15) is 0 Å². The third kappa shape index (κ3) is 4.20. The third-order valence-electron chi connectivity index (χ3n) is 7.54. The lowest BCUT2D eigenvalue weighted by molar-refractivity contribution is -0.113. The van der Waals surface area contributed by atoms with Crippen molar-refractivity contribution in [2.75, 3.05) is 13.6 Å². The van der Waals surface area contributed by atoms with Crippen LogP contribution < -0.4 is 4.72 Å². The van der Waals surface area contributed by atoms with Crippen molar-refractivity contribution in [1.82, 2.24) is 9.62 Å². The van der Waals surface area contributed by atoms with Gasteiger partial charge in [-0.3, -0.25) is 0 Å². The van der Waals surface area contributed by atoms with Gasteiger partial charge in [0, 0.05) is 19.1 Å². The molecule has 0 amide bonds. The van der Waals surface area contributed by atoms with Gasteiger partial charge in [-0.1, -0.05) is 61.9 Å². The summed E-state index contributed by atoms with van der Waals surface area (Å²) in [6.07, 6.45) is 2.22. The summed E-state index contributed by atoms with van der Waals surface area (Å²) in [7, 11) is -1.39. The minimum Gasteiger partial charge on any atom is -0.302 e. The SMILES string of the molecule is Cc1ccc(S(=O)(=O)N[C@H]2[C@@H](CN(C)Cc3ccccc3)C[C@H]3C[C@@H]2C3(C)C)cc1. The zero-order valence-electron chi connectivity index (χ0n) is 18.5. The first-order valence-electron chi connectivity index (χ1n) is 11.0. The molecule has 3 aliphatic rings. The van der Waals surface area contributed by atoms with Gasteiger partial charge >= 0.3 is 0 Å². The van der Waals surface area contributed by atoms with E-state index in [9.17, 15) is 8.42 Å². The molecule has 4 nitrogen and oxygen atoms in total. The van der Waals surface area contributed by atoms with Crippen molar-refractivity contribution in [3.63, 3.8) is 0 Å². The molecule has 0 aromatic heterocycles. The van der Waals surface area contributed by atoms with Crippen molar-refractivity contribution in [3.05, 3.63) is 65.7 Å². The Labute approximate surface area is 181 Å². The van der Waals surface area contributed by atoms with Crippen molar-refractivity contribution < 1.29 is 8.42 Å². The zero-order chi connectivity index (χ0) is 21.5. The molecule has 1 N–H and O–H groups in total. The molecule has 2 bridgehead atoms. The van der Waals surface area contributed by atoms with Crippen LogP contribution in [-0.4, -0.2) is 33.0 Å². The molecule has 3 aliphatic carbocycles. The van der Waals surface area contributed by atoms with E-state index in [-0.39, 0.29) is 11.5 Å². The van der Waals surface area contributed by atoms with E-state index < -0.39 is 10.0 Å². The maximum atomic E-state index is 13.2. The average Bonchev–Trinajstić information content (AvgIpc) is 2.69. The van der Waals surface area contributed by atoms with Crippen LogP contribution in [0.4, 0.5) is 0 Å². The number of aryl methyl sites for hydroxylation is 1. The molecule has 162 valence electrons. The van der Waals surface area contributed by atoms with Gasteiger partial charge in [0.2, 0.25) is 10.0 Å². The summed E-state index contributed by atoms with van der Waals surface area (Å²) in [4.78, 5) is 2.70. The van der Waals surface area contributed by atoms with Gasteiger partial charge in [-0.15, -0.1) is 0 Å². The van der Waals surface area contributed by atoms with Crippen LogP contribution in [0.25, 0.3) is 0 Å². The predicted octanol–water partition coefficient (Wildman–Crippen LogP) is 4.46. The Hall–Kier alpha value is -1.69. The lowest BCUT2D eigenvalue weighted by Gasteiger charge is -2.62. The van der Waals surface area contributed by atoms with Crippen LogP contribution in [0.3, 0.4) is 0 Å². The first-order valence-corrected chi connectivity index (χ1v) is 12.5. The quantitative estimate of drug-likeness (QED) is 0.711. The minimum absolute atomic E-state index is 0.0190. The summed E-state index contributed by atoms with van der Waals surface area (Å²) in [6, 6.07) is 17.6. The molecule has 4 atom stereocenters. The highest BCUT2D eigenvalue weighted by atomic mass is 32.2. The second-order valence-corrected chi connectivity index (χ2v) is 11.7. The van der Waals surface area contributed by atoms with E-state index in [0.717, 1.165) is 31.5 Å². The lowest BCUT2D eigenvalue weighted by atomic mass is 9.45. The molecule has 2 aromatic rings. The summed E-state index contributed by atoms with van der Waals surface area (Å²) in [5.74, 6) is 1.42. The second-order valence-electron chi connectivity index (χ2n) is 10.00. The minimum atomic E-state index is -3.53. The van der Waals surface area contributed by atoms with E-state index in [4.69, 9.17) is 0 Å². The van der Waals surface area contributed by atoms with E-state index in [2.05, 4.69) is 54.8 Å². The average molecular weight is 427 g/mol. The van der Waals surface area contributed by atoms with Gasteiger partial charge in [0.15, 0.2) is 0 Å². The van der Waals surface area contributed by atoms with Crippen LogP contribution >= 0.6 is 0 Å². The van der Waals surface area contributed by atoms with E-state index in [1.165, 1.54) is 5.56 Å². The molecule has 0 saturated heterocycles. The highest BCUT2D eigenvalue weighted by molar-refractivity contribution is 7.89. The summed E-state index contributed by atoms with van der Waals surface area (Å²) in [5.41, 5.74) is 2.56. The van der Waals surface area contributed by atoms with Crippen LogP contribution in [0.2, 0.25) is 0 Å². The van der Waals surface area contributed by atoms with E-state index >= 15 is 0 Å². The Morgan fingerprint density at radius 2 is 1.70 bits per heavy atom. The van der Waals surface area contributed by atoms with Gasteiger partial charge in [0.25, 0.3) is 0 Å². The first kappa shape index (κ1) is 21.5. The van der Waals surface area contributed by atoms with E-state index in [0.29, 0.717) is 22.6 Å². The topological polar surface area (TPSA) is 49.4 Å². The van der Waals surface area contributed by atoms with Gasteiger partial charge in [-0.05, 0) is 67.7 Å². The van der Waals surface area contributed by atoms with Crippen molar-refractivity contribution in [2.24, 2.45) is 23.2 Å². The number of rotatable bonds is 7. The predicted molar refractivity (Wildman–Crippen MR) is 122 cm³/mol. The summed E-state index contributed by atoms with van der Waals surface area (Å²) >= 11 is 0. The van der Waals surface area contributed by atoms with Crippen LogP contribution in [0.5, 0.6) is 0 Å². The lowest BCUT2D eigenvalue weighted by Crippen LogP contribution is -2.64. The molecule has 5 heteroatoms. The van der Waals surface area contributed by atoms with Crippen LogP contribution in [-0.2, 0) is 16.6 Å². The molecule has 0 heterocycles. The van der Waals surface area contributed by atoms with Gasteiger partial charge in [-0.2, -0.15) is 0 Å². The number of benzene rings is 2. The molecule has 5 rings (SSSR count). The number of fused-ring (bicyclic) bond motifs is 2. The van der Waals surface area contributed by atoms with E-state index in [1.807, 2.05) is 25.1 Å². The standard InChI is InChI=1S/C25H34N2O2S/c1-18-10-12-22(13-11-18)30(28,29)26-24-20(14-21-15-23(24)25(21,2)3)17-27(4)16-19-8-6-5-7-9-19/h5-13,20-21,23-24,26H,14-17H2,1-4H3/t20-,21+,23+,24+/m1/s1. The Bertz CT molecular complexity index is 970. The molecular formula is C25H34N2O2S. The highest BCUT2D eigenvalue weighted by Gasteiger charge is 2.58. The zero-order valence-corrected chi connectivity index (χ0v) is 19.3. The molecule has 3 fully saturated rings. The van der Waals surface area contributed by atoms with Gasteiger partial charge in [0.05, 0.1) is 4.90 Å². The van der Waals surface area contributed by atoms with Crippen molar-refractivity contribution in [2.45, 2.75) is 51.1 Å². The third-order valence-corrected chi connectivity index (χ3v) is 9.01. The number of sulfonamides is 1. The Kier molecular flexibility index (Phi) is 5.82.